The third-order valence-corrected chi connectivity index (χ3v) is 2.45. The molecular weight excluding hydrogens is 228 g/mol. The van der Waals surface area contributed by atoms with Gasteiger partial charge in [0.2, 0.25) is 0 Å². The standard InChI is InChI=1S/C14H14N2O2/c1-3-18-14(17)11-5-7-16-13(9-11)12-8-10(2)4-6-15-12/h4-9H,3H2,1-2H3. The minimum Gasteiger partial charge on any atom is -0.462 e. The van der Waals surface area contributed by atoms with Crippen LogP contribution in [-0.4, -0.2) is 22.5 Å². The average molecular weight is 242 g/mol. The average Bonchev–Trinajstić information content (AvgIpc) is 2.39. The van der Waals surface area contributed by atoms with E-state index in [2.05, 4.69) is 9.97 Å². The van der Waals surface area contributed by atoms with Crippen LogP contribution in [0.4, 0.5) is 0 Å². The Morgan fingerprint density at radius 2 is 1.83 bits per heavy atom. The molecule has 0 spiro atoms. The molecule has 4 heteroatoms. The number of aromatic nitrogens is 2. The molecular formula is C14H14N2O2. The Labute approximate surface area is 106 Å². The van der Waals surface area contributed by atoms with E-state index in [1.54, 1.807) is 31.5 Å². The molecule has 0 saturated heterocycles. The molecule has 2 aromatic heterocycles. The Morgan fingerprint density at radius 3 is 2.50 bits per heavy atom. The van der Waals surface area contributed by atoms with Gasteiger partial charge < -0.3 is 4.74 Å². The van der Waals surface area contributed by atoms with E-state index in [1.165, 1.54) is 0 Å². The molecule has 0 aliphatic carbocycles. The lowest BCUT2D eigenvalue weighted by atomic mass is 10.1. The molecule has 0 saturated carbocycles. The fourth-order valence-corrected chi connectivity index (χ4v) is 1.59. The van der Waals surface area contributed by atoms with Gasteiger partial charge in [0.05, 0.1) is 23.6 Å². The van der Waals surface area contributed by atoms with Crippen molar-refractivity contribution in [2.45, 2.75) is 13.8 Å². The van der Waals surface area contributed by atoms with Crippen molar-refractivity contribution in [3.63, 3.8) is 0 Å². The number of esters is 1. The van der Waals surface area contributed by atoms with E-state index in [1.807, 2.05) is 19.1 Å². The van der Waals surface area contributed by atoms with Crippen LogP contribution in [0.5, 0.6) is 0 Å². The van der Waals surface area contributed by atoms with Crippen LogP contribution in [0.2, 0.25) is 0 Å². The Kier molecular flexibility index (Phi) is 3.67. The van der Waals surface area contributed by atoms with Gasteiger partial charge in [-0.05, 0) is 43.7 Å². The van der Waals surface area contributed by atoms with Crippen molar-refractivity contribution in [1.82, 2.24) is 9.97 Å². The predicted octanol–water partition coefficient (Wildman–Crippen LogP) is 2.63. The second-order valence-electron chi connectivity index (χ2n) is 3.87. The number of nitrogens with zero attached hydrogens (tertiary/aromatic N) is 2. The second-order valence-corrected chi connectivity index (χ2v) is 3.87. The number of carbonyl (C=O) groups is 1. The Balaban J connectivity index is 2.35. The smallest absolute Gasteiger partial charge is 0.338 e. The topological polar surface area (TPSA) is 52.1 Å². The van der Waals surface area contributed by atoms with Gasteiger partial charge in [-0.3, -0.25) is 9.97 Å². The molecule has 0 fully saturated rings. The molecule has 0 amide bonds. The first-order valence-corrected chi connectivity index (χ1v) is 5.77. The minimum atomic E-state index is -0.339. The van der Waals surface area contributed by atoms with E-state index in [4.69, 9.17) is 4.74 Å². The van der Waals surface area contributed by atoms with Gasteiger partial charge >= 0.3 is 5.97 Å². The molecule has 2 heterocycles. The van der Waals surface area contributed by atoms with Crippen LogP contribution >= 0.6 is 0 Å². The summed E-state index contributed by atoms with van der Waals surface area (Å²) in [4.78, 5) is 20.1. The monoisotopic (exact) mass is 242 g/mol. The van der Waals surface area contributed by atoms with Crippen molar-refractivity contribution < 1.29 is 9.53 Å². The second kappa shape index (κ2) is 5.40. The van der Waals surface area contributed by atoms with Crippen LogP contribution in [0.15, 0.2) is 36.7 Å². The molecule has 4 nitrogen and oxygen atoms in total. The molecule has 0 radical (unpaired) electrons. The van der Waals surface area contributed by atoms with Gasteiger partial charge in [-0.1, -0.05) is 0 Å². The van der Waals surface area contributed by atoms with E-state index in [0.717, 1.165) is 11.3 Å². The van der Waals surface area contributed by atoms with Crippen LogP contribution in [0.25, 0.3) is 11.4 Å². The molecule has 2 aromatic rings. The highest BCUT2D eigenvalue weighted by Gasteiger charge is 2.09. The van der Waals surface area contributed by atoms with Gasteiger partial charge in [0.25, 0.3) is 0 Å². The summed E-state index contributed by atoms with van der Waals surface area (Å²) >= 11 is 0. The zero-order valence-electron chi connectivity index (χ0n) is 10.4. The predicted molar refractivity (Wildman–Crippen MR) is 68.2 cm³/mol. The highest BCUT2D eigenvalue weighted by molar-refractivity contribution is 5.90. The quantitative estimate of drug-likeness (QED) is 0.776. The maximum atomic E-state index is 11.6. The lowest BCUT2D eigenvalue weighted by Gasteiger charge is -2.04. The molecule has 0 aliphatic heterocycles. The van der Waals surface area contributed by atoms with Gasteiger partial charge in [-0.25, -0.2) is 4.79 Å². The molecule has 92 valence electrons. The number of hydrogen-bond acceptors (Lipinski definition) is 4. The summed E-state index contributed by atoms with van der Waals surface area (Å²) in [6, 6.07) is 7.17. The Morgan fingerprint density at radius 1 is 1.17 bits per heavy atom. The fourth-order valence-electron chi connectivity index (χ4n) is 1.59. The highest BCUT2D eigenvalue weighted by Crippen LogP contribution is 2.16. The van der Waals surface area contributed by atoms with Crippen LogP contribution in [0, 0.1) is 6.92 Å². The molecule has 0 aliphatic rings. The van der Waals surface area contributed by atoms with Crippen molar-refractivity contribution >= 4 is 5.97 Å². The number of hydrogen-bond donors (Lipinski definition) is 0. The maximum absolute atomic E-state index is 11.6. The maximum Gasteiger partial charge on any atom is 0.338 e. The fraction of sp³-hybridized carbons (Fsp3) is 0.214. The summed E-state index contributed by atoms with van der Waals surface area (Å²) < 4.78 is 4.96. The van der Waals surface area contributed by atoms with E-state index in [0.29, 0.717) is 17.9 Å². The summed E-state index contributed by atoms with van der Waals surface area (Å²) in [6.07, 6.45) is 3.31. The summed E-state index contributed by atoms with van der Waals surface area (Å²) in [5.41, 5.74) is 3.01. The summed E-state index contributed by atoms with van der Waals surface area (Å²) in [5.74, 6) is -0.339. The molecule has 18 heavy (non-hydrogen) atoms. The number of aryl methyl sites for hydroxylation is 1. The Hall–Kier alpha value is -2.23. The summed E-state index contributed by atoms with van der Waals surface area (Å²) in [7, 11) is 0. The molecule has 0 unspecified atom stereocenters. The summed E-state index contributed by atoms with van der Waals surface area (Å²) in [5, 5.41) is 0. The van der Waals surface area contributed by atoms with Crippen molar-refractivity contribution in [2.75, 3.05) is 6.61 Å². The van der Waals surface area contributed by atoms with Crippen molar-refractivity contribution in [2.24, 2.45) is 0 Å². The lowest BCUT2D eigenvalue weighted by Crippen LogP contribution is -2.05. The first-order chi connectivity index (χ1) is 8.70. The SMILES string of the molecule is CCOC(=O)c1ccnc(-c2cc(C)ccn2)c1. The molecule has 0 atom stereocenters. The van der Waals surface area contributed by atoms with Crippen LogP contribution in [0.1, 0.15) is 22.8 Å². The third kappa shape index (κ3) is 2.71. The van der Waals surface area contributed by atoms with Crippen molar-refractivity contribution in [3.05, 3.63) is 47.8 Å². The van der Waals surface area contributed by atoms with Gasteiger partial charge in [0.1, 0.15) is 0 Å². The first-order valence-electron chi connectivity index (χ1n) is 5.77. The van der Waals surface area contributed by atoms with Crippen molar-refractivity contribution in [1.29, 1.82) is 0 Å². The summed E-state index contributed by atoms with van der Waals surface area (Å²) in [6.45, 7) is 4.13. The van der Waals surface area contributed by atoms with Gasteiger partial charge in [0.15, 0.2) is 0 Å². The number of ether oxygens (including phenoxy) is 1. The van der Waals surface area contributed by atoms with Gasteiger partial charge in [0, 0.05) is 12.4 Å². The largest absolute Gasteiger partial charge is 0.462 e. The molecule has 0 aromatic carbocycles. The van der Waals surface area contributed by atoms with E-state index in [-0.39, 0.29) is 5.97 Å². The number of rotatable bonds is 3. The van der Waals surface area contributed by atoms with Crippen LogP contribution < -0.4 is 0 Å². The van der Waals surface area contributed by atoms with E-state index >= 15 is 0 Å². The third-order valence-electron chi connectivity index (χ3n) is 2.45. The van der Waals surface area contributed by atoms with Gasteiger partial charge in [-0.15, -0.1) is 0 Å². The molecule has 0 N–H and O–H groups in total. The number of carbonyl (C=O) groups excluding carboxylic acids is 1. The Bertz CT molecular complexity index is 567. The van der Waals surface area contributed by atoms with Gasteiger partial charge in [-0.2, -0.15) is 0 Å². The van der Waals surface area contributed by atoms with E-state index in [9.17, 15) is 4.79 Å². The number of pyridine rings is 2. The molecule has 2 rings (SSSR count). The normalized spacial score (nSPS) is 10.1. The lowest BCUT2D eigenvalue weighted by molar-refractivity contribution is 0.0526. The molecule has 0 bridgehead atoms. The zero-order valence-corrected chi connectivity index (χ0v) is 10.4. The van der Waals surface area contributed by atoms with Crippen molar-refractivity contribution in [3.8, 4) is 11.4 Å². The minimum absolute atomic E-state index is 0.339. The zero-order chi connectivity index (χ0) is 13.0. The first kappa shape index (κ1) is 12.2. The highest BCUT2D eigenvalue weighted by atomic mass is 16.5. The van der Waals surface area contributed by atoms with Crippen LogP contribution in [0.3, 0.4) is 0 Å². The van der Waals surface area contributed by atoms with Crippen LogP contribution in [-0.2, 0) is 4.74 Å². The van der Waals surface area contributed by atoms with E-state index < -0.39 is 0 Å².